The molecule has 136 valence electrons. The molecule has 0 aliphatic carbocycles. The Morgan fingerprint density at radius 1 is 1.19 bits per heavy atom. The average Bonchev–Trinajstić information content (AvgIpc) is 3.13. The smallest absolute Gasteiger partial charge is 0.270 e. The van der Waals surface area contributed by atoms with Gasteiger partial charge in [-0.05, 0) is 19.1 Å². The van der Waals surface area contributed by atoms with Gasteiger partial charge in [-0.3, -0.25) is 0 Å². The maximum absolute atomic E-state index is 13.1. The summed E-state index contributed by atoms with van der Waals surface area (Å²) in [5, 5.41) is 8.24. The van der Waals surface area contributed by atoms with Crippen LogP contribution in [0, 0.1) is 0 Å². The summed E-state index contributed by atoms with van der Waals surface area (Å²) in [4.78, 5) is -0.0553. The Morgan fingerprint density at radius 2 is 1.88 bits per heavy atom. The van der Waals surface area contributed by atoms with Crippen molar-refractivity contribution in [2.24, 2.45) is 21.7 Å². The van der Waals surface area contributed by atoms with Gasteiger partial charge in [-0.15, -0.1) is 16.4 Å². The lowest BCUT2D eigenvalue weighted by atomic mass is 10.1. The van der Waals surface area contributed by atoms with Crippen LogP contribution in [-0.2, 0) is 10.0 Å². The lowest BCUT2D eigenvalue weighted by molar-refractivity contribution is 0.589. The number of nitrogens with zero attached hydrogens (tertiary/aromatic N) is 3. The number of hydrogen-bond acceptors (Lipinski definition) is 5. The molecular weight excluding hydrogens is 417 g/mol. The third kappa shape index (κ3) is 3.30. The minimum absolute atomic E-state index is 0.0553. The van der Waals surface area contributed by atoms with Gasteiger partial charge in [0.25, 0.3) is 10.0 Å². The van der Waals surface area contributed by atoms with Gasteiger partial charge in [0.05, 0.1) is 15.6 Å². The second-order valence-electron chi connectivity index (χ2n) is 5.26. The summed E-state index contributed by atoms with van der Waals surface area (Å²) in [6.45, 7) is 1.68. The molecule has 0 saturated carbocycles. The third-order valence-corrected chi connectivity index (χ3v) is 6.97. The van der Waals surface area contributed by atoms with Gasteiger partial charge in [0.1, 0.15) is 9.23 Å². The summed E-state index contributed by atoms with van der Waals surface area (Å²) >= 11 is 13.0. The summed E-state index contributed by atoms with van der Waals surface area (Å²) < 4.78 is 27.7. The normalized spacial score (nSPS) is 12.5. The van der Waals surface area contributed by atoms with Crippen molar-refractivity contribution in [2.45, 2.75) is 11.8 Å². The number of fused-ring (bicyclic) bond motifs is 1. The van der Waals surface area contributed by atoms with Gasteiger partial charge in [0.2, 0.25) is 5.96 Å². The van der Waals surface area contributed by atoms with Crippen LogP contribution < -0.4 is 11.5 Å². The van der Waals surface area contributed by atoms with Gasteiger partial charge >= 0.3 is 0 Å². The molecule has 3 aromatic rings. The van der Waals surface area contributed by atoms with E-state index < -0.39 is 10.0 Å². The molecule has 26 heavy (non-hydrogen) atoms. The van der Waals surface area contributed by atoms with Gasteiger partial charge in [-0.1, -0.05) is 41.4 Å². The summed E-state index contributed by atoms with van der Waals surface area (Å²) in [5.41, 5.74) is 12.1. The van der Waals surface area contributed by atoms with Crippen molar-refractivity contribution in [1.82, 2.24) is 3.97 Å². The lowest BCUT2D eigenvalue weighted by Crippen LogP contribution is -2.22. The van der Waals surface area contributed by atoms with E-state index in [0.717, 1.165) is 15.3 Å². The fraction of sp³-hybridized carbons (Fsp3) is 0.0667. The molecule has 1 aromatic carbocycles. The van der Waals surface area contributed by atoms with Crippen molar-refractivity contribution >= 4 is 67.1 Å². The molecule has 4 N–H and O–H groups in total. The molecule has 0 saturated heterocycles. The summed E-state index contributed by atoms with van der Waals surface area (Å²) in [7, 11) is -3.95. The van der Waals surface area contributed by atoms with E-state index in [-0.39, 0.29) is 19.5 Å². The van der Waals surface area contributed by atoms with Crippen LogP contribution in [0.5, 0.6) is 0 Å². The van der Waals surface area contributed by atoms with E-state index in [9.17, 15) is 8.42 Å². The Bertz CT molecular complexity index is 1160. The molecule has 2 heterocycles. The van der Waals surface area contributed by atoms with Crippen molar-refractivity contribution in [2.75, 3.05) is 0 Å². The summed E-state index contributed by atoms with van der Waals surface area (Å²) in [6.07, 6.45) is 1.46. The molecule has 3 rings (SSSR count). The predicted molar refractivity (Wildman–Crippen MR) is 107 cm³/mol. The van der Waals surface area contributed by atoms with Crippen LogP contribution in [0.2, 0.25) is 8.67 Å². The monoisotopic (exact) mass is 429 g/mol. The highest BCUT2D eigenvalue weighted by molar-refractivity contribution is 7.90. The first-order valence-electron chi connectivity index (χ1n) is 7.16. The maximum atomic E-state index is 13.1. The van der Waals surface area contributed by atoms with Gasteiger partial charge in [-0.2, -0.15) is 5.10 Å². The van der Waals surface area contributed by atoms with E-state index >= 15 is 0 Å². The zero-order valence-electron chi connectivity index (χ0n) is 13.3. The number of benzene rings is 1. The molecule has 0 aliphatic rings. The number of nitrogens with two attached hydrogens (primary N) is 2. The summed E-state index contributed by atoms with van der Waals surface area (Å²) in [5.74, 6) is -0.194. The van der Waals surface area contributed by atoms with Crippen molar-refractivity contribution in [1.29, 1.82) is 0 Å². The second kappa shape index (κ2) is 6.92. The number of rotatable bonds is 4. The Balaban J connectivity index is 2.27. The Labute approximate surface area is 163 Å². The molecule has 0 aliphatic heterocycles. The first kappa shape index (κ1) is 18.7. The minimum atomic E-state index is -3.95. The molecule has 2 aromatic heterocycles. The molecule has 11 heteroatoms. The number of guanidine groups is 1. The third-order valence-electron chi connectivity index (χ3n) is 3.55. The molecule has 0 spiro atoms. The van der Waals surface area contributed by atoms with Gasteiger partial charge in [0.15, 0.2) is 0 Å². The van der Waals surface area contributed by atoms with Gasteiger partial charge in [-0.25, -0.2) is 12.4 Å². The molecule has 0 unspecified atom stereocenters. The SMILES string of the molecule is C/C(=N/N=C(N)N)c1cn(S(=O)(=O)c2cc(Cl)sc2Cl)c2ccccc12. The number of hydrogen-bond donors (Lipinski definition) is 2. The van der Waals surface area contributed by atoms with E-state index in [1.165, 1.54) is 12.3 Å². The highest BCUT2D eigenvalue weighted by atomic mass is 35.5. The number of para-hydroxylation sites is 1. The fourth-order valence-electron chi connectivity index (χ4n) is 2.43. The minimum Gasteiger partial charge on any atom is -0.369 e. The van der Waals surface area contributed by atoms with Crippen molar-refractivity contribution in [3.05, 3.63) is 50.8 Å². The highest BCUT2D eigenvalue weighted by Crippen LogP contribution is 2.36. The van der Waals surface area contributed by atoms with Gasteiger partial charge in [0, 0.05) is 17.1 Å². The fourth-order valence-corrected chi connectivity index (χ4v) is 5.92. The largest absolute Gasteiger partial charge is 0.369 e. The quantitative estimate of drug-likeness (QED) is 0.376. The van der Waals surface area contributed by atoms with Crippen LogP contribution in [0.1, 0.15) is 12.5 Å². The molecular formula is C15H13Cl2N5O2S2. The number of thiophene rings is 1. The maximum Gasteiger partial charge on any atom is 0.270 e. The van der Waals surface area contributed by atoms with Gasteiger partial charge < -0.3 is 11.5 Å². The van der Waals surface area contributed by atoms with Crippen LogP contribution in [0.3, 0.4) is 0 Å². The van der Waals surface area contributed by atoms with E-state index in [0.29, 0.717) is 22.2 Å². The van der Waals surface area contributed by atoms with E-state index in [1.54, 1.807) is 31.2 Å². The van der Waals surface area contributed by atoms with Crippen LogP contribution in [0.4, 0.5) is 0 Å². The topological polar surface area (TPSA) is 116 Å². The standard InChI is InChI=1S/C15H13Cl2N5O2S2/c1-8(20-21-15(18)19)10-7-22(11-5-3-2-4-9(10)11)26(23,24)12-6-13(16)25-14(12)17/h2-7H,1H3,(H4,18,19,21)/b20-8-. The van der Waals surface area contributed by atoms with E-state index in [2.05, 4.69) is 10.2 Å². The lowest BCUT2D eigenvalue weighted by Gasteiger charge is -2.06. The molecule has 0 fully saturated rings. The first-order valence-corrected chi connectivity index (χ1v) is 10.2. The Kier molecular flexibility index (Phi) is 4.98. The van der Waals surface area contributed by atoms with Crippen LogP contribution in [0.15, 0.2) is 51.6 Å². The number of halogens is 2. The van der Waals surface area contributed by atoms with Crippen molar-refractivity contribution in [3.8, 4) is 0 Å². The number of aromatic nitrogens is 1. The molecule has 7 nitrogen and oxygen atoms in total. The van der Waals surface area contributed by atoms with Crippen molar-refractivity contribution < 1.29 is 8.42 Å². The first-order chi connectivity index (χ1) is 12.2. The molecule has 0 amide bonds. The van der Waals surface area contributed by atoms with E-state index in [1.807, 2.05) is 0 Å². The zero-order chi connectivity index (χ0) is 19.1. The average molecular weight is 430 g/mol. The Morgan fingerprint density at radius 3 is 2.50 bits per heavy atom. The molecule has 0 atom stereocenters. The highest BCUT2D eigenvalue weighted by Gasteiger charge is 2.26. The predicted octanol–water partition coefficient (Wildman–Crippen LogP) is 3.24. The molecule has 0 bridgehead atoms. The Hall–Kier alpha value is -2.07. The molecule has 0 radical (unpaired) electrons. The van der Waals surface area contributed by atoms with Crippen LogP contribution >= 0.6 is 34.5 Å². The van der Waals surface area contributed by atoms with Crippen LogP contribution in [-0.4, -0.2) is 24.1 Å². The second-order valence-corrected chi connectivity index (χ2v) is 9.33. The zero-order valence-corrected chi connectivity index (χ0v) is 16.5. The van der Waals surface area contributed by atoms with E-state index in [4.69, 9.17) is 34.7 Å². The van der Waals surface area contributed by atoms with Crippen molar-refractivity contribution in [3.63, 3.8) is 0 Å². The summed E-state index contributed by atoms with van der Waals surface area (Å²) in [6, 6.07) is 8.34. The van der Waals surface area contributed by atoms with Crippen LogP contribution in [0.25, 0.3) is 10.9 Å².